The average Bonchev–Trinajstić information content (AvgIpc) is 2.85. The Bertz CT molecular complexity index is 1250. The quantitative estimate of drug-likeness (QED) is 0.440. The molecule has 4 rings (SSSR count). The molecular weight excluding hydrogens is 448 g/mol. The molecule has 182 valence electrons. The largest absolute Gasteiger partial charge is 0.513 e. The van der Waals surface area contributed by atoms with E-state index in [0.29, 0.717) is 48.3 Å². The molecular formula is C26H28N4O5. The van der Waals surface area contributed by atoms with Crippen LogP contribution in [0.5, 0.6) is 5.75 Å². The molecule has 2 amide bonds. The lowest BCUT2D eigenvalue weighted by atomic mass is 10.0. The Labute approximate surface area is 203 Å². The molecule has 9 nitrogen and oxygen atoms in total. The summed E-state index contributed by atoms with van der Waals surface area (Å²) >= 11 is 0. The number of hydrogen-bond donors (Lipinski definition) is 1. The highest BCUT2D eigenvalue weighted by molar-refractivity contribution is 5.97. The molecule has 1 N–H and O–H groups in total. The van der Waals surface area contributed by atoms with E-state index in [0.717, 1.165) is 16.9 Å². The summed E-state index contributed by atoms with van der Waals surface area (Å²) < 4.78 is 9.76. The second-order valence-electron chi connectivity index (χ2n) is 8.45. The molecule has 35 heavy (non-hydrogen) atoms. The molecule has 1 aliphatic heterocycles. The minimum Gasteiger partial charge on any atom is -0.434 e. The lowest BCUT2D eigenvalue weighted by Gasteiger charge is -2.32. The van der Waals surface area contributed by atoms with Gasteiger partial charge in [0.1, 0.15) is 5.75 Å². The summed E-state index contributed by atoms with van der Waals surface area (Å²) in [6.07, 6.45) is 0.540. The van der Waals surface area contributed by atoms with E-state index in [-0.39, 0.29) is 24.5 Å². The molecule has 1 aliphatic rings. The maximum atomic E-state index is 12.9. The molecule has 1 aromatic heterocycles. The van der Waals surface area contributed by atoms with Crippen LogP contribution in [0.15, 0.2) is 42.5 Å². The van der Waals surface area contributed by atoms with E-state index in [4.69, 9.17) is 9.47 Å². The van der Waals surface area contributed by atoms with Gasteiger partial charge in [-0.3, -0.25) is 9.59 Å². The number of nitrogens with zero attached hydrogens (tertiary/aromatic N) is 3. The van der Waals surface area contributed by atoms with Crippen molar-refractivity contribution < 1.29 is 23.9 Å². The summed E-state index contributed by atoms with van der Waals surface area (Å²) in [7, 11) is 0. The molecule has 0 spiro atoms. The summed E-state index contributed by atoms with van der Waals surface area (Å²) in [5.74, 6) is 0.0523. The highest BCUT2D eigenvalue weighted by atomic mass is 16.7. The van der Waals surface area contributed by atoms with Crippen molar-refractivity contribution in [2.75, 3.05) is 19.7 Å². The van der Waals surface area contributed by atoms with Crippen molar-refractivity contribution in [3.63, 3.8) is 0 Å². The number of benzene rings is 2. The van der Waals surface area contributed by atoms with E-state index < -0.39 is 6.16 Å². The third-order valence-electron chi connectivity index (χ3n) is 6.02. The zero-order valence-corrected chi connectivity index (χ0v) is 20.0. The van der Waals surface area contributed by atoms with E-state index in [2.05, 4.69) is 15.3 Å². The van der Waals surface area contributed by atoms with E-state index in [1.807, 2.05) is 19.9 Å². The van der Waals surface area contributed by atoms with Crippen LogP contribution in [-0.2, 0) is 4.74 Å². The summed E-state index contributed by atoms with van der Waals surface area (Å²) in [5.41, 5.74) is 4.22. The van der Waals surface area contributed by atoms with Crippen molar-refractivity contribution in [1.29, 1.82) is 0 Å². The Kier molecular flexibility index (Phi) is 7.24. The number of piperidine rings is 1. The van der Waals surface area contributed by atoms with Crippen molar-refractivity contribution in [2.24, 2.45) is 0 Å². The van der Waals surface area contributed by atoms with E-state index in [1.54, 1.807) is 48.2 Å². The number of rotatable bonds is 5. The first kappa shape index (κ1) is 24.1. The van der Waals surface area contributed by atoms with Gasteiger partial charge in [0.15, 0.2) is 0 Å². The molecule has 0 bridgehead atoms. The number of nitrogens with one attached hydrogen (secondary N) is 1. The maximum Gasteiger partial charge on any atom is 0.513 e. The Morgan fingerprint density at radius 2 is 1.57 bits per heavy atom. The molecule has 1 fully saturated rings. The van der Waals surface area contributed by atoms with Gasteiger partial charge in [0.2, 0.25) is 0 Å². The van der Waals surface area contributed by atoms with Crippen molar-refractivity contribution in [2.45, 2.75) is 39.7 Å². The highest BCUT2D eigenvalue weighted by Crippen LogP contribution is 2.19. The van der Waals surface area contributed by atoms with Gasteiger partial charge in [-0.05, 0) is 76.1 Å². The first-order valence-corrected chi connectivity index (χ1v) is 11.6. The number of amides is 2. The van der Waals surface area contributed by atoms with Crippen molar-refractivity contribution >= 4 is 29.0 Å². The fraction of sp³-hybridized carbons (Fsp3) is 0.346. The van der Waals surface area contributed by atoms with Crippen LogP contribution in [0.2, 0.25) is 0 Å². The standard InChI is InChI=1S/C26H28N4O5/c1-4-34-26(33)35-21-8-5-18(6-9-21)25(32)30-13-11-20(12-14-30)29-24(31)19-7-10-22-23(15-19)28-17(3)16(2)27-22/h5-10,15,20H,4,11-14H2,1-3H3,(H,29,31). The summed E-state index contributed by atoms with van der Waals surface area (Å²) in [4.78, 5) is 47.9. The van der Waals surface area contributed by atoms with Gasteiger partial charge in [0.25, 0.3) is 11.8 Å². The molecule has 0 atom stereocenters. The third kappa shape index (κ3) is 5.74. The lowest BCUT2D eigenvalue weighted by Crippen LogP contribution is -2.46. The Morgan fingerprint density at radius 3 is 2.23 bits per heavy atom. The highest BCUT2D eigenvalue weighted by Gasteiger charge is 2.25. The monoisotopic (exact) mass is 476 g/mol. The Morgan fingerprint density at radius 1 is 0.943 bits per heavy atom. The number of hydrogen-bond acceptors (Lipinski definition) is 7. The first-order chi connectivity index (χ1) is 16.8. The van der Waals surface area contributed by atoms with Crippen LogP contribution >= 0.6 is 0 Å². The number of ether oxygens (including phenoxy) is 2. The number of carbonyl (C=O) groups is 3. The summed E-state index contributed by atoms with van der Waals surface area (Å²) in [5, 5.41) is 3.08. The zero-order chi connectivity index (χ0) is 24.9. The molecule has 2 aromatic carbocycles. The lowest BCUT2D eigenvalue weighted by molar-refractivity contribution is 0.0698. The molecule has 9 heteroatoms. The van der Waals surface area contributed by atoms with Gasteiger partial charge in [-0.15, -0.1) is 0 Å². The molecule has 0 unspecified atom stereocenters. The van der Waals surface area contributed by atoms with E-state index in [1.165, 1.54) is 0 Å². The third-order valence-corrected chi connectivity index (χ3v) is 6.02. The van der Waals surface area contributed by atoms with Crippen molar-refractivity contribution in [1.82, 2.24) is 20.2 Å². The molecule has 3 aromatic rings. The fourth-order valence-corrected chi connectivity index (χ4v) is 3.96. The SMILES string of the molecule is CCOC(=O)Oc1ccc(C(=O)N2CCC(NC(=O)c3ccc4nc(C)c(C)nc4c3)CC2)cc1. The minimum atomic E-state index is -0.780. The number of fused-ring (bicyclic) bond motifs is 1. The Balaban J connectivity index is 1.31. The van der Waals surface area contributed by atoms with E-state index >= 15 is 0 Å². The predicted octanol–water partition coefficient (Wildman–Crippen LogP) is 3.82. The van der Waals surface area contributed by atoms with Crippen LogP contribution in [0.1, 0.15) is 51.9 Å². The molecule has 0 saturated carbocycles. The zero-order valence-electron chi connectivity index (χ0n) is 20.0. The van der Waals surface area contributed by atoms with Gasteiger partial charge < -0.3 is 19.7 Å². The van der Waals surface area contributed by atoms with E-state index in [9.17, 15) is 14.4 Å². The van der Waals surface area contributed by atoms with Gasteiger partial charge >= 0.3 is 6.16 Å². The van der Waals surface area contributed by atoms with Crippen LogP contribution in [0.4, 0.5) is 4.79 Å². The van der Waals surface area contributed by atoms with Crippen LogP contribution in [-0.4, -0.2) is 58.6 Å². The van der Waals surface area contributed by atoms with Gasteiger partial charge in [-0.2, -0.15) is 0 Å². The number of aromatic nitrogens is 2. The predicted molar refractivity (Wildman–Crippen MR) is 129 cm³/mol. The van der Waals surface area contributed by atoms with Gasteiger partial charge in [-0.25, -0.2) is 14.8 Å². The molecule has 0 aliphatic carbocycles. The van der Waals surface area contributed by atoms with Crippen molar-refractivity contribution in [3.05, 3.63) is 65.0 Å². The summed E-state index contributed by atoms with van der Waals surface area (Å²) in [6.45, 7) is 6.79. The fourth-order valence-electron chi connectivity index (χ4n) is 3.96. The van der Waals surface area contributed by atoms with Crippen LogP contribution in [0.3, 0.4) is 0 Å². The number of aryl methyl sites for hydroxylation is 2. The first-order valence-electron chi connectivity index (χ1n) is 11.6. The van der Waals surface area contributed by atoms with Gasteiger partial charge in [0, 0.05) is 30.3 Å². The maximum absolute atomic E-state index is 12.9. The normalized spacial score (nSPS) is 14.0. The number of likely N-dealkylation sites (tertiary alicyclic amines) is 1. The van der Waals surface area contributed by atoms with Crippen LogP contribution in [0.25, 0.3) is 11.0 Å². The second kappa shape index (κ2) is 10.5. The van der Waals surface area contributed by atoms with Crippen molar-refractivity contribution in [3.8, 4) is 5.75 Å². The minimum absolute atomic E-state index is 0.0200. The van der Waals surface area contributed by atoms with Crippen LogP contribution in [0, 0.1) is 13.8 Å². The molecule has 2 heterocycles. The second-order valence-corrected chi connectivity index (χ2v) is 8.45. The van der Waals surface area contributed by atoms with Crippen LogP contribution < -0.4 is 10.1 Å². The Hall–Kier alpha value is -4.01. The topological polar surface area (TPSA) is 111 Å². The average molecular weight is 477 g/mol. The molecule has 1 saturated heterocycles. The summed E-state index contributed by atoms with van der Waals surface area (Å²) in [6, 6.07) is 11.7. The smallest absolute Gasteiger partial charge is 0.434 e. The van der Waals surface area contributed by atoms with Gasteiger partial charge in [-0.1, -0.05) is 0 Å². The van der Waals surface area contributed by atoms with Gasteiger partial charge in [0.05, 0.1) is 29.0 Å². The molecule has 0 radical (unpaired) electrons. The number of carbonyl (C=O) groups excluding carboxylic acids is 3.